The molecule has 0 amide bonds. The van der Waals surface area contributed by atoms with Gasteiger partial charge in [0.25, 0.3) is 0 Å². The molecule has 1 heterocycles. The van der Waals surface area contributed by atoms with Crippen molar-refractivity contribution in [2.45, 2.75) is 19.3 Å². The molecule has 17 heavy (non-hydrogen) atoms. The molecule has 2 aromatic rings. The van der Waals surface area contributed by atoms with Gasteiger partial charge < -0.3 is 4.42 Å². The van der Waals surface area contributed by atoms with Crippen LogP contribution in [0.4, 0.5) is 0 Å². The number of halogens is 1. The van der Waals surface area contributed by atoms with E-state index in [4.69, 9.17) is 4.42 Å². The first kappa shape index (κ1) is 10.8. The van der Waals surface area contributed by atoms with Crippen molar-refractivity contribution in [3.8, 4) is 11.3 Å². The molecule has 1 aromatic carbocycles. The van der Waals surface area contributed by atoms with E-state index in [0.717, 1.165) is 11.3 Å². The van der Waals surface area contributed by atoms with Crippen LogP contribution >= 0.6 is 15.9 Å². The Morgan fingerprint density at radius 3 is 2.71 bits per heavy atom. The van der Waals surface area contributed by atoms with E-state index in [1.807, 2.05) is 12.1 Å². The van der Waals surface area contributed by atoms with Crippen LogP contribution in [0.25, 0.3) is 17.4 Å². The van der Waals surface area contributed by atoms with Gasteiger partial charge in [0.05, 0.1) is 6.26 Å². The summed E-state index contributed by atoms with van der Waals surface area (Å²) in [7, 11) is 0. The van der Waals surface area contributed by atoms with Gasteiger partial charge in [0, 0.05) is 15.5 Å². The molecule has 0 saturated heterocycles. The van der Waals surface area contributed by atoms with Crippen LogP contribution in [0.3, 0.4) is 0 Å². The molecule has 1 aromatic heterocycles. The molecule has 0 atom stereocenters. The summed E-state index contributed by atoms with van der Waals surface area (Å²) in [6, 6.07) is 10.4. The van der Waals surface area contributed by atoms with Crippen LogP contribution < -0.4 is 0 Å². The number of fused-ring (bicyclic) bond motifs is 1. The first-order chi connectivity index (χ1) is 8.09. The molecule has 0 N–H and O–H groups in total. The Balaban J connectivity index is 2.15. The minimum Gasteiger partial charge on any atom is -0.464 e. The van der Waals surface area contributed by atoms with Crippen LogP contribution in [0.5, 0.6) is 0 Å². The number of hydrogen-bond acceptors (Lipinski definition) is 1. The Morgan fingerprint density at radius 2 is 2.00 bits per heavy atom. The number of rotatable bonds is 1. The predicted octanol–water partition coefficient (Wildman–Crippen LogP) is 4.97. The van der Waals surface area contributed by atoms with Crippen molar-refractivity contribution in [3.63, 3.8) is 0 Å². The van der Waals surface area contributed by atoms with Crippen molar-refractivity contribution in [2.24, 2.45) is 0 Å². The summed E-state index contributed by atoms with van der Waals surface area (Å²) in [5, 5.41) is 0. The lowest BCUT2D eigenvalue weighted by Gasteiger charge is -2.21. The van der Waals surface area contributed by atoms with Crippen LogP contribution in [0, 0.1) is 0 Å². The third kappa shape index (κ3) is 1.59. The molecule has 86 valence electrons. The largest absolute Gasteiger partial charge is 0.464 e. The predicted molar refractivity (Wildman–Crippen MR) is 74.1 cm³/mol. The van der Waals surface area contributed by atoms with Crippen molar-refractivity contribution < 1.29 is 4.42 Å². The van der Waals surface area contributed by atoms with Crippen molar-refractivity contribution in [1.82, 2.24) is 0 Å². The van der Waals surface area contributed by atoms with Gasteiger partial charge in [0.2, 0.25) is 0 Å². The highest BCUT2D eigenvalue weighted by Crippen LogP contribution is 2.45. The third-order valence-corrected chi connectivity index (χ3v) is 4.63. The quantitative estimate of drug-likeness (QED) is 0.722. The molecule has 0 bridgehead atoms. The third-order valence-electron chi connectivity index (χ3n) is 3.41. The smallest absolute Gasteiger partial charge is 0.133 e. The summed E-state index contributed by atoms with van der Waals surface area (Å²) < 4.78 is 6.68. The fraction of sp³-hybridized carbons (Fsp3) is 0.200. The van der Waals surface area contributed by atoms with E-state index in [-0.39, 0.29) is 5.41 Å². The lowest BCUT2D eigenvalue weighted by molar-refractivity contribution is 0.582. The maximum atomic E-state index is 5.45. The van der Waals surface area contributed by atoms with E-state index in [0.29, 0.717) is 0 Å². The second kappa shape index (κ2) is 3.61. The SMILES string of the molecule is CC1(C)C(Br)=Cc2ccc(-c3ccco3)cc21. The van der Waals surface area contributed by atoms with Gasteiger partial charge in [-0.15, -0.1) is 0 Å². The maximum Gasteiger partial charge on any atom is 0.133 e. The molecule has 1 aliphatic carbocycles. The molecule has 2 heteroatoms. The molecule has 3 rings (SSSR count). The normalized spacial score (nSPS) is 16.8. The molecule has 0 radical (unpaired) electrons. The molecule has 0 fully saturated rings. The van der Waals surface area contributed by atoms with E-state index in [9.17, 15) is 0 Å². The van der Waals surface area contributed by atoms with Crippen molar-refractivity contribution in [3.05, 3.63) is 52.2 Å². The number of allylic oxidation sites excluding steroid dienone is 1. The molecule has 1 nitrogen and oxygen atoms in total. The van der Waals surface area contributed by atoms with E-state index in [2.05, 4.69) is 54.1 Å². The minimum absolute atomic E-state index is 0.0535. The fourth-order valence-corrected chi connectivity index (χ4v) is 2.73. The Kier molecular flexibility index (Phi) is 2.30. The summed E-state index contributed by atoms with van der Waals surface area (Å²) in [6.07, 6.45) is 3.91. The van der Waals surface area contributed by atoms with E-state index in [1.165, 1.54) is 15.6 Å². The van der Waals surface area contributed by atoms with Gasteiger partial charge in [0.15, 0.2) is 0 Å². The summed E-state index contributed by atoms with van der Waals surface area (Å²) >= 11 is 3.65. The average Bonchev–Trinajstić information content (AvgIpc) is 2.88. The van der Waals surface area contributed by atoms with Gasteiger partial charge in [-0.25, -0.2) is 0 Å². The Hall–Kier alpha value is -1.28. The standard InChI is InChI=1S/C15H13BrO/c1-15(2)12-8-11(13-4-3-7-17-13)6-5-10(12)9-14(15)16/h3-9H,1-2H3. The molecule has 0 aliphatic heterocycles. The van der Waals surface area contributed by atoms with Crippen LogP contribution in [0.15, 0.2) is 45.5 Å². The number of hydrogen-bond donors (Lipinski definition) is 0. The summed E-state index contributed by atoms with van der Waals surface area (Å²) in [5.41, 5.74) is 3.82. The van der Waals surface area contributed by atoms with Gasteiger partial charge in [-0.1, -0.05) is 41.9 Å². The van der Waals surface area contributed by atoms with E-state index < -0.39 is 0 Å². The highest BCUT2D eigenvalue weighted by atomic mass is 79.9. The molecule has 0 unspecified atom stereocenters. The van der Waals surface area contributed by atoms with Gasteiger partial charge >= 0.3 is 0 Å². The summed E-state index contributed by atoms with van der Waals surface area (Å²) in [5.74, 6) is 0.923. The van der Waals surface area contributed by atoms with Gasteiger partial charge in [-0.2, -0.15) is 0 Å². The zero-order chi connectivity index (χ0) is 12.0. The Bertz CT molecular complexity index is 591. The Morgan fingerprint density at radius 1 is 1.18 bits per heavy atom. The van der Waals surface area contributed by atoms with Gasteiger partial charge in [-0.3, -0.25) is 0 Å². The van der Waals surface area contributed by atoms with Gasteiger partial charge in [0.1, 0.15) is 5.76 Å². The lowest BCUT2D eigenvalue weighted by atomic mass is 9.86. The zero-order valence-electron chi connectivity index (χ0n) is 9.83. The van der Waals surface area contributed by atoms with Crippen molar-refractivity contribution in [2.75, 3.05) is 0 Å². The Labute approximate surface area is 109 Å². The highest BCUT2D eigenvalue weighted by Gasteiger charge is 2.31. The minimum atomic E-state index is 0.0535. The van der Waals surface area contributed by atoms with Crippen molar-refractivity contribution in [1.29, 1.82) is 0 Å². The van der Waals surface area contributed by atoms with Crippen LogP contribution in [0.2, 0.25) is 0 Å². The van der Waals surface area contributed by atoms with E-state index >= 15 is 0 Å². The van der Waals surface area contributed by atoms with Crippen molar-refractivity contribution >= 4 is 22.0 Å². The van der Waals surface area contributed by atoms with Crippen LogP contribution in [0.1, 0.15) is 25.0 Å². The second-order valence-electron chi connectivity index (χ2n) is 4.90. The molecular formula is C15H13BrO. The van der Waals surface area contributed by atoms with E-state index in [1.54, 1.807) is 6.26 Å². The first-order valence-corrected chi connectivity index (χ1v) is 6.44. The molecule has 1 aliphatic rings. The van der Waals surface area contributed by atoms with Gasteiger partial charge in [-0.05, 0) is 35.4 Å². The topological polar surface area (TPSA) is 13.1 Å². The van der Waals surface area contributed by atoms with Crippen LogP contribution in [-0.2, 0) is 5.41 Å². The fourth-order valence-electron chi connectivity index (χ4n) is 2.27. The number of furan rings is 1. The summed E-state index contributed by atoms with van der Waals surface area (Å²) in [4.78, 5) is 0. The maximum absolute atomic E-state index is 5.45. The molecular weight excluding hydrogens is 276 g/mol. The lowest BCUT2D eigenvalue weighted by Crippen LogP contribution is -2.14. The highest BCUT2D eigenvalue weighted by molar-refractivity contribution is 9.11. The average molecular weight is 289 g/mol. The molecule has 0 saturated carbocycles. The van der Waals surface area contributed by atoms with Crippen LogP contribution in [-0.4, -0.2) is 0 Å². The second-order valence-corrected chi connectivity index (χ2v) is 5.75. The monoisotopic (exact) mass is 288 g/mol. The molecule has 0 spiro atoms. The first-order valence-electron chi connectivity index (χ1n) is 5.65. The number of benzene rings is 1. The zero-order valence-corrected chi connectivity index (χ0v) is 11.4. The summed E-state index contributed by atoms with van der Waals surface area (Å²) in [6.45, 7) is 4.46.